The molecule has 1 saturated heterocycles. The maximum absolute atomic E-state index is 5.86. The number of likely N-dealkylation sites (tertiary alicyclic amines) is 1. The summed E-state index contributed by atoms with van der Waals surface area (Å²) in [6.45, 7) is 3.34. The van der Waals surface area contributed by atoms with Gasteiger partial charge in [0.05, 0.1) is 10.0 Å². The van der Waals surface area contributed by atoms with E-state index in [2.05, 4.69) is 40.2 Å². The summed E-state index contributed by atoms with van der Waals surface area (Å²) in [5, 5.41) is 2.40. The molecule has 1 atom stereocenters. The second-order valence-corrected chi connectivity index (χ2v) is 6.82. The van der Waals surface area contributed by atoms with Gasteiger partial charge in [-0.05, 0) is 30.7 Å². The fourth-order valence-corrected chi connectivity index (χ4v) is 3.70. The monoisotopic (exact) mass is 304 g/mol. The predicted octanol–water partition coefficient (Wildman–Crippen LogP) is 4.10. The molecule has 0 unspecified atom stereocenters. The first-order chi connectivity index (χ1) is 9.79. The van der Waals surface area contributed by atoms with E-state index in [0.717, 1.165) is 18.1 Å². The number of nitrogens with zero attached hydrogens (tertiary/aromatic N) is 2. The average Bonchev–Trinajstić information content (AvgIpc) is 2.90. The number of rotatable bonds is 4. The highest BCUT2D eigenvalue weighted by molar-refractivity contribution is 7.99. The van der Waals surface area contributed by atoms with Crippen LogP contribution in [0, 0.1) is 0 Å². The number of thioether (sulfide) groups is 1. The summed E-state index contributed by atoms with van der Waals surface area (Å²) in [6.07, 6.45) is 2.95. The highest BCUT2D eigenvalue weighted by Crippen LogP contribution is 2.29. The fourth-order valence-electron chi connectivity index (χ4n) is 2.48. The molecule has 0 amide bonds. The van der Waals surface area contributed by atoms with Gasteiger partial charge in [-0.25, -0.2) is 4.98 Å². The van der Waals surface area contributed by atoms with Crippen molar-refractivity contribution in [3.63, 3.8) is 0 Å². The first-order valence-corrected chi connectivity index (χ1v) is 8.10. The van der Waals surface area contributed by atoms with E-state index in [4.69, 9.17) is 11.6 Å². The molecule has 1 aliphatic rings. The van der Waals surface area contributed by atoms with E-state index in [9.17, 15) is 0 Å². The van der Waals surface area contributed by atoms with Gasteiger partial charge in [0.1, 0.15) is 0 Å². The van der Waals surface area contributed by atoms with Gasteiger partial charge in [0.2, 0.25) is 0 Å². The van der Waals surface area contributed by atoms with Crippen LogP contribution in [0.15, 0.2) is 53.7 Å². The second kappa shape index (κ2) is 6.61. The van der Waals surface area contributed by atoms with Crippen molar-refractivity contribution in [2.75, 3.05) is 13.1 Å². The molecular formula is C16H17ClN2S. The Bertz CT molecular complexity index is 544. The highest BCUT2D eigenvalue weighted by Gasteiger charge is 2.23. The van der Waals surface area contributed by atoms with Crippen molar-refractivity contribution >= 4 is 23.4 Å². The normalized spacial score (nSPS) is 19.4. The number of hydrogen-bond donors (Lipinski definition) is 0. The first kappa shape index (κ1) is 13.9. The lowest BCUT2D eigenvalue weighted by molar-refractivity contribution is 0.332. The number of halogens is 1. The van der Waals surface area contributed by atoms with E-state index >= 15 is 0 Å². The van der Waals surface area contributed by atoms with Crippen LogP contribution >= 0.6 is 23.4 Å². The standard InChI is InChI=1S/C16H17ClN2S/c17-14-6-7-16(18-10-14)20-15-8-9-19(12-15)11-13-4-2-1-3-5-13/h1-7,10,15H,8-9,11-12H2/t15-/m0/s1. The molecule has 0 bridgehead atoms. The van der Waals surface area contributed by atoms with Crippen LogP contribution in [-0.2, 0) is 6.54 Å². The molecule has 2 heterocycles. The Labute approximate surface area is 129 Å². The quantitative estimate of drug-likeness (QED) is 0.846. The Morgan fingerprint density at radius 1 is 1.20 bits per heavy atom. The molecule has 4 heteroatoms. The zero-order valence-corrected chi connectivity index (χ0v) is 12.8. The minimum Gasteiger partial charge on any atom is -0.298 e. The van der Waals surface area contributed by atoms with E-state index in [1.165, 1.54) is 18.5 Å². The van der Waals surface area contributed by atoms with Gasteiger partial charge in [0.15, 0.2) is 0 Å². The van der Waals surface area contributed by atoms with Gasteiger partial charge in [0, 0.05) is 24.5 Å². The summed E-state index contributed by atoms with van der Waals surface area (Å²) in [5.41, 5.74) is 1.39. The molecule has 3 rings (SSSR count). The molecule has 1 fully saturated rings. The second-order valence-electron chi connectivity index (χ2n) is 5.06. The molecule has 1 aromatic carbocycles. The summed E-state index contributed by atoms with van der Waals surface area (Å²) < 4.78 is 0. The Kier molecular flexibility index (Phi) is 4.61. The van der Waals surface area contributed by atoms with Gasteiger partial charge >= 0.3 is 0 Å². The molecule has 0 aliphatic carbocycles. The van der Waals surface area contributed by atoms with Crippen molar-refractivity contribution in [1.82, 2.24) is 9.88 Å². The summed E-state index contributed by atoms with van der Waals surface area (Å²) >= 11 is 7.72. The minimum atomic E-state index is 0.632. The molecule has 2 nitrogen and oxygen atoms in total. The van der Waals surface area contributed by atoms with Crippen molar-refractivity contribution < 1.29 is 0 Å². The van der Waals surface area contributed by atoms with Gasteiger partial charge in [-0.3, -0.25) is 4.90 Å². The highest BCUT2D eigenvalue weighted by atomic mass is 35.5. The molecule has 0 radical (unpaired) electrons. The smallest absolute Gasteiger partial charge is 0.0964 e. The van der Waals surface area contributed by atoms with Gasteiger partial charge < -0.3 is 0 Å². The molecule has 0 saturated carbocycles. The van der Waals surface area contributed by atoms with Crippen molar-refractivity contribution in [3.05, 3.63) is 59.2 Å². The van der Waals surface area contributed by atoms with Crippen molar-refractivity contribution in [2.45, 2.75) is 23.2 Å². The largest absolute Gasteiger partial charge is 0.298 e. The van der Waals surface area contributed by atoms with Crippen molar-refractivity contribution in [2.24, 2.45) is 0 Å². The summed E-state index contributed by atoms with van der Waals surface area (Å²) in [7, 11) is 0. The molecule has 1 aromatic heterocycles. The van der Waals surface area contributed by atoms with Gasteiger partial charge in [-0.1, -0.05) is 41.9 Å². The third kappa shape index (κ3) is 3.75. The number of pyridine rings is 1. The molecule has 2 aromatic rings. The van der Waals surface area contributed by atoms with Crippen molar-refractivity contribution in [3.8, 4) is 0 Å². The van der Waals surface area contributed by atoms with Crippen LogP contribution in [0.5, 0.6) is 0 Å². The van der Waals surface area contributed by atoms with Gasteiger partial charge in [-0.15, -0.1) is 11.8 Å². The number of hydrogen-bond acceptors (Lipinski definition) is 3. The van der Waals surface area contributed by atoms with Crippen molar-refractivity contribution in [1.29, 1.82) is 0 Å². The molecule has 1 aliphatic heterocycles. The maximum Gasteiger partial charge on any atom is 0.0964 e. The SMILES string of the molecule is Clc1ccc(S[C@H]2CCN(Cc3ccccc3)C2)nc1. The van der Waals surface area contributed by atoms with Gasteiger partial charge in [-0.2, -0.15) is 0 Å². The van der Waals surface area contributed by atoms with Crippen LogP contribution in [-0.4, -0.2) is 28.2 Å². The maximum atomic E-state index is 5.86. The van der Waals surface area contributed by atoms with E-state index in [-0.39, 0.29) is 0 Å². The summed E-state index contributed by atoms with van der Waals surface area (Å²) in [5.74, 6) is 0. The Hall–Kier alpha value is -1.03. The zero-order chi connectivity index (χ0) is 13.8. The topological polar surface area (TPSA) is 16.1 Å². The molecular weight excluding hydrogens is 288 g/mol. The average molecular weight is 305 g/mol. The van der Waals surface area contributed by atoms with Crippen LogP contribution in [0.25, 0.3) is 0 Å². The fraction of sp³-hybridized carbons (Fsp3) is 0.312. The lowest BCUT2D eigenvalue weighted by atomic mass is 10.2. The minimum absolute atomic E-state index is 0.632. The van der Waals surface area contributed by atoms with E-state index in [0.29, 0.717) is 10.3 Å². The van der Waals surface area contributed by atoms with E-state index < -0.39 is 0 Å². The molecule has 0 N–H and O–H groups in total. The lowest BCUT2D eigenvalue weighted by Gasteiger charge is -2.15. The summed E-state index contributed by atoms with van der Waals surface area (Å²) in [6, 6.07) is 14.6. The third-order valence-electron chi connectivity index (χ3n) is 3.47. The van der Waals surface area contributed by atoms with Crippen LogP contribution in [0.4, 0.5) is 0 Å². The summed E-state index contributed by atoms with van der Waals surface area (Å²) in [4.78, 5) is 6.88. The van der Waals surface area contributed by atoms with Crippen LogP contribution in [0.2, 0.25) is 5.02 Å². The Morgan fingerprint density at radius 3 is 2.80 bits per heavy atom. The van der Waals surface area contributed by atoms with E-state index in [1.54, 1.807) is 6.20 Å². The van der Waals surface area contributed by atoms with Crippen LogP contribution in [0.3, 0.4) is 0 Å². The number of aromatic nitrogens is 1. The predicted molar refractivity (Wildman–Crippen MR) is 85.2 cm³/mol. The van der Waals surface area contributed by atoms with Crippen LogP contribution < -0.4 is 0 Å². The van der Waals surface area contributed by atoms with Gasteiger partial charge in [0.25, 0.3) is 0 Å². The first-order valence-electron chi connectivity index (χ1n) is 6.84. The third-order valence-corrected chi connectivity index (χ3v) is 4.89. The molecule has 0 spiro atoms. The molecule has 20 heavy (non-hydrogen) atoms. The van der Waals surface area contributed by atoms with E-state index in [1.807, 2.05) is 23.9 Å². The molecule has 104 valence electrons. The zero-order valence-electron chi connectivity index (χ0n) is 11.2. The van der Waals surface area contributed by atoms with Crippen LogP contribution in [0.1, 0.15) is 12.0 Å². The lowest BCUT2D eigenvalue weighted by Crippen LogP contribution is -2.20. The Morgan fingerprint density at radius 2 is 2.05 bits per heavy atom. The number of benzene rings is 1. The Balaban J connectivity index is 1.53.